The van der Waals surface area contributed by atoms with Crippen molar-refractivity contribution in [2.75, 3.05) is 19.6 Å². The van der Waals surface area contributed by atoms with Crippen molar-refractivity contribution >= 4 is 5.91 Å². The fourth-order valence-electron chi connectivity index (χ4n) is 2.63. The lowest BCUT2D eigenvalue weighted by Gasteiger charge is -2.32. The highest BCUT2D eigenvalue weighted by Crippen LogP contribution is 2.26. The van der Waals surface area contributed by atoms with Crippen molar-refractivity contribution in [1.82, 2.24) is 10.2 Å². The second-order valence-corrected chi connectivity index (χ2v) is 4.92. The molecule has 2 saturated heterocycles. The third kappa shape index (κ3) is 2.74. The molecule has 1 N–H and O–H groups in total. The maximum Gasteiger partial charge on any atom is 0.224 e. The van der Waals surface area contributed by atoms with Crippen LogP contribution in [0.2, 0.25) is 0 Å². The minimum Gasteiger partial charge on any atom is -0.371 e. The molecule has 0 saturated carbocycles. The van der Waals surface area contributed by atoms with Gasteiger partial charge in [-0.1, -0.05) is 6.92 Å². The predicted molar refractivity (Wildman–Crippen MR) is 62.2 cm³/mol. The number of hydrogen-bond acceptors (Lipinski definition) is 3. The molecular formula is C12H22N2O2. The Morgan fingerprint density at radius 1 is 1.44 bits per heavy atom. The lowest BCUT2D eigenvalue weighted by molar-refractivity contribution is -0.140. The van der Waals surface area contributed by atoms with Gasteiger partial charge in [0.2, 0.25) is 5.91 Å². The highest BCUT2D eigenvalue weighted by molar-refractivity contribution is 5.77. The van der Waals surface area contributed by atoms with E-state index in [-0.39, 0.29) is 11.9 Å². The fourth-order valence-corrected chi connectivity index (χ4v) is 2.63. The minimum absolute atomic E-state index is 0.272. The molecule has 0 radical (unpaired) electrons. The van der Waals surface area contributed by atoms with Crippen LogP contribution in [0.25, 0.3) is 0 Å². The van der Waals surface area contributed by atoms with Crippen molar-refractivity contribution in [3.05, 3.63) is 0 Å². The molecular weight excluding hydrogens is 204 g/mol. The van der Waals surface area contributed by atoms with E-state index in [1.807, 2.05) is 4.90 Å². The van der Waals surface area contributed by atoms with Gasteiger partial charge >= 0.3 is 0 Å². The molecule has 0 spiro atoms. The molecule has 2 heterocycles. The van der Waals surface area contributed by atoms with Gasteiger partial charge in [-0.2, -0.15) is 0 Å². The van der Waals surface area contributed by atoms with Gasteiger partial charge in [-0.3, -0.25) is 4.79 Å². The number of fused-ring (bicyclic) bond motifs is 2. The van der Waals surface area contributed by atoms with E-state index < -0.39 is 0 Å². The Bertz CT molecular complexity index is 245. The Balaban J connectivity index is 1.81. The quantitative estimate of drug-likeness (QED) is 0.769. The molecule has 0 aromatic carbocycles. The topological polar surface area (TPSA) is 41.6 Å². The molecule has 3 unspecified atom stereocenters. The minimum atomic E-state index is 0.272. The van der Waals surface area contributed by atoms with Gasteiger partial charge in [0, 0.05) is 25.6 Å². The SMILES string of the molecule is CCNC(C)CC(=O)N1CC2CCC(C1)O2. The van der Waals surface area contributed by atoms with E-state index in [1.165, 1.54) is 0 Å². The van der Waals surface area contributed by atoms with Crippen LogP contribution in [0, 0.1) is 0 Å². The van der Waals surface area contributed by atoms with Crippen molar-refractivity contribution < 1.29 is 9.53 Å². The smallest absolute Gasteiger partial charge is 0.224 e. The number of ether oxygens (including phenoxy) is 1. The fraction of sp³-hybridized carbons (Fsp3) is 0.917. The lowest BCUT2D eigenvalue weighted by atomic mass is 10.2. The molecule has 2 aliphatic heterocycles. The summed E-state index contributed by atoms with van der Waals surface area (Å²) in [4.78, 5) is 14.0. The summed E-state index contributed by atoms with van der Waals surface area (Å²) in [7, 11) is 0. The first-order valence-corrected chi connectivity index (χ1v) is 6.35. The molecule has 4 heteroatoms. The summed E-state index contributed by atoms with van der Waals surface area (Å²) >= 11 is 0. The van der Waals surface area contributed by atoms with Gasteiger partial charge in [0.25, 0.3) is 0 Å². The number of nitrogens with one attached hydrogen (secondary N) is 1. The molecule has 2 rings (SSSR count). The van der Waals surface area contributed by atoms with Crippen LogP contribution in [0.4, 0.5) is 0 Å². The first-order valence-electron chi connectivity index (χ1n) is 6.35. The Morgan fingerprint density at radius 2 is 2.06 bits per heavy atom. The molecule has 0 aliphatic carbocycles. The number of hydrogen-bond donors (Lipinski definition) is 1. The summed E-state index contributed by atoms with van der Waals surface area (Å²) in [5.41, 5.74) is 0. The monoisotopic (exact) mass is 226 g/mol. The third-order valence-corrected chi connectivity index (χ3v) is 3.43. The molecule has 92 valence electrons. The molecule has 2 aliphatic rings. The van der Waals surface area contributed by atoms with Gasteiger partial charge in [0.15, 0.2) is 0 Å². The summed E-state index contributed by atoms with van der Waals surface area (Å²) in [5.74, 6) is 0.272. The van der Waals surface area contributed by atoms with Gasteiger partial charge < -0.3 is 15.0 Å². The Morgan fingerprint density at radius 3 is 2.62 bits per heavy atom. The average molecular weight is 226 g/mol. The zero-order valence-corrected chi connectivity index (χ0v) is 10.2. The molecule has 16 heavy (non-hydrogen) atoms. The van der Waals surface area contributed by atoms with Crippen LogP contribution in [-0.4, -0.2) is 48.7 Å². The molecule has 0 aromatic rings. The van der Waals surface area contributed by atoms with Gasteiger partial charge in [-0.25, -0.2) is 0 Å². The predicted octanol–water partition coefficient (Wildman–Crippen LogP) is 0.764. The van der Waals surface area contributed by atoms with Gasteiger partial charge in [-0.15, -0.1) is 0 Å². The molecule has 2 bridgehead atoms. The van der Waals surface area contributed by atoms with Crippen molar-refractivity contribution in [3.63, 3.8) is 0 Å². The first-order chi connectivity index (χ1) is 7.69. The summed E-state index contributed by atoms with van der Waals surface area (Å²) < 4.78 is 5.72. The number of nitrogens with zero attached hydrogens (tertiary/aromatic N) is 1. The van der Waals surface area contributed by atoms with Crippen LogP contribution in [0.15, 0.2) is 0 Å². The van der Waals surface area contributed by atoms with E-state index >= 15 is 0 Å². The maximum atomic E-state index is 12.0. The molecule has 4 nitrogen and oxygen atoms in total. The summed E-state index contributed by atoms with van der Waals surface area (Å²) in [5, 5.41) is 3.27. The Hall–Kier alpha value is -0.610. The summed E-state index contributed by atoms with van der Waals surface area (Å²) in [6.07, 6.45) is 3.45. The van der Waals surface area contributed by atoms with E-state index in [0.717, 1.165) is 32.5 Å². The number of likely N-dealkylation sites (tertiary alicyclic amines) is 1. The number of morpholine rings is 1. The summed E-state index contributed by atoms with van der Waals surface area (Å²) in [6, 6.07) is 0.276. The van der Waals surface area contributed by atoms with Crippen LogP contribution in [0.5, 0.6) is 0 Å². The number of amides is 1. The highest BCUT2D eigenvalue weighted by Gasteiger charge is 2.35. The first kappa shape index (κ1) is 11.9. The van der Waals surface area contributed by atoms with Crippen molar-refractivity contribution in [1.29, 1.82) is 0 Å². The largest absolute Gasteiger partial charge is 0.371 e. The normalized spacial score (nSPS) is 30.5. The molecule has 0 aromatic heterocycles. The molecule has 3 atom stereocenters. The van der Waals surface area contributed by atoms with Crippen LogP contribution >= 0.6 is 0 Å². The second-order valence-electron chi connectivity index (χ2n) is 4.92. The average Bonchev–Trinajstić information content (AvgIpc) is 2.58. The van der Waals surface area contributed by atoms with Gasteiger partial charge in [-0.05, 0) is 26.3 Å². The lowest BCUT2D eigenvalue weighted by Crippen LogP contribution is -2.47. The number of rotatable bonds is 4. The Kier molecular flexibility index (Phi) is 3.82. The van der Waals surface area contributed by atoms with Crippen molar-refractivity contribution in [2.24, 2.45) is 0 Å². The summed E-state index contributed by atoms with van der Waals surface area (Å²) in [6.45, 7) is 6.65. The maximum absolute atomic E-state index is 12.0. The number of carbonyl (C=O) groups is 1. The standard InChI is InChI=1S/C12H22N2O2/c1-3-13-9(2)6-12(15)14-7-10-4-5-11(8-14)16-10/h9-11,13H,3-8H2,1-2H3. The second kappa shape index (κ2) is 5.15. The number of carbonyl (C=O) groups excluding carboxylic acids is 1. The van der Waals surface area contributed by atoms with E-state index in [0.29, 0.717) is 18.6 Å². The van der Waals surface area contributed by atoms with E-state index in [9.17, 15) is 4.79 Å². The zero-order chi connectivity index (χ0) is 11.5. The van der Waals surface area contributed by atoms with E-state index in [2.05, 4.69) is 19.2 Å². The van der Waals surface area contributed by atoms with E-state index in [4.69, 9.17) is 4.74 Å². The third-order valence-electron chi connectivity index (χ3n) is 3.43. The van der Waals surface area contributed by atoms with Crippen LogP contribution in [0.3, 0.4) is 0 Å². The van der Waals surface area contributed by atoms with Crippen molar-refractivity contribution in [2.45, 2.75) is 51.4 Å². The Labute approximate surface area is 97.3 Å². The molecule has 2 fully saturated rings. The van der Waals surface area contributed by atoms with Gasteiger partial charge in [0.1, 0.15) is 0 Å². The van der Waals surface area contributed by atoms with Crippen molar-refractivity contribution in [3.8, 4) is 0 Å². The van der Waals surface area contributed by atoms with Crippen LogP contribution < -0.4 is 5.32 Å². The van der Waals surface area contributed by atoms with Crippen LogP contribution in [-0.2, 0) is 9.53 Å². The zero-order valence-electron chi connectivity index (χ0n) is 10.2. The van der Waals surface area contributed by atoms with Crippen LogP contribution in [0.1, 0.15) is 33.1 Å². The van der Waals surface area contributed by atoms with E-state index in [1.54, 1.807) is 0 Å². The molecule has 1 amide bonds. The van der Waals surface area contributed by atoms with Gasteiger partial charge in [0.05, 0.1) is 12.2 Å². The highest BCUT2D eigenvalue weighted by atomic mass is 16.5.